The Morgan fingerprint density at radius 2 is 2.06 bits per heavy atom. The number of hydrogen-bond donors (Lipinski definition) is 3. The molecule has 11 heteroatoms. The Balaban J connectivity index is 1.40. The minimum Gasteiger partial charge on any atom is -0.474 e. The summed E-state index contributed by atoms with van der Waals surface area (Å²) in [5, 5.41) is 18.4. The molecule has 2 aromatic rings. The Morgan fingerprint density at radius 3 is 2.84 bits per heavy atom. The zero-order valence-corrected chi connectivity index (χ0v) is 17.9. The van der Waals surface area contributed by atoms with E-state index in [-0.39, 0.29) is 30.8 Å². The maximum absolute atomic E-state index is 11.0. The fourth-order valence-corrected chi connectivity index (χ4v) is 4.64. The number of rotatable bonds is 8. The van der Waals surface area contributed by atoms with E-state index in [1.807, 2.05) is 12.1 Å². The molecular weight excluding hydrogens is 424 g/mol. The number of aliphatic hydroxyl groups excluding tert-OH is 1. The van der Waals surface area contributed by atoms with Gasteiger partial charge >= 0.3 is 10.3 Å². The lowest BCUT2D eigenvalue weighted by molar-refractivity contribution is 0.0958. The van der Waals surface area contributed by atoms with Crippen molar-refractivity contribution in [3.63, 3.8) is 0 Å². The van der Waals surface area contributed by atoms with Gasteiger partial charge in [-0.2, -0.15) is 8.42 Å². The average molecular weight is 451 g/mol. The second kappa shape index (κ2) is 9.05. The molecule has 2 aliphatic rings. The van der Waals surface area contributed by atoms with Gasteiger partial charge in [0.2, 0.25) is 5.88 Å². The number of hydrogen-bond acceptors (Lipinski definition) is 9. The minimum absolute atomic E-state index is 0.0127. The SMILES string of the molecule is CO[C@H]1Cc2ccccc2[C@H]1Nc1cc(OC2C[C@@H](COS(N)(=O)=O)[C@@H](O)C2)ncn1. The molecule has 1 heterocycles. The number of methoxy groups -OCH3 is 1. The Labute approximate surface area is 181 Å². The van der Waals surface area contributed by atoms with E-state index in [1.54, 1.807) is 13.2 Å². The van der Waals surface area contributed by atoms with E-state index in [4.69, 9.17) is 14.6 Å². The lowest BCUT2D eigenvalue weighted by atomic mass is 10.1. The molecule has 0 amide bonds. The van der Waals surface area contributed by atoms with E-state index in [9.17, 15) is 13.5 Å². The lowest BCUT2D eigenvalue weighted by Gasteiger charge is -2.21. The highest BCUT2D eigenvalue weighted by Crippen LogP contribution is 2.36. The first-order valence-electron chi connectivity index (χ1n) is 10.0. The van der Waals surface area contributed by atoms with Crippen LogP contribution in [0.15, 0.2) is 36.7 Å². The van der Waals surface area contributed by atoms with Gasteiger partial charge in [-0.25, -0.2) is 15.1 Å². The minimum atomic E-state index is -4.05. The van der Waals surface area contributed by atoms with Gasteiger partial charge in [-0.3, -0.25) is 4.18 Å². The Bertz CT molecular complexity index is 1020. The van der Waals surface area contributed by atoms with Crippen LogP contribution in [-0.4, -0.2) is 55.5 Å². The Hall–Kier alpha value is -2.31. The number of aromatic nitrogens is 2. The van der Waals surface area contributed by atoms with Gasteiger partial charge in [-0.05, 0) is 17.5 Å². The van der Waals surface area contributed by atoms with Gasteiger partial charge in [0.05, 0.1) is 24.9 Å². The van der Waals surface area contributed by atoms with E-state index in [0.29, 0.717) is 24.5 Å². The predicted octanol–water partition coefficient (Wildman–Crippen LogP) is 0.939. The first kappa shape index (κ1) is 21.9. The number of fused-ring (bicyclic) bond motifs is 1. The molecule has 1 saturated carbocycles. The quantitative estimate of drug-likeness (QED) is 0.535. The van der Waals surface area contributed by atoms with Crippen molar-refractivity contribution in [2.24, 2.45) is 11.1 Å². The number of ether oxygens (including phenoxy) is 2. The van der Waals surface area contributed by atoms with Gasteiger partial charge < -0.3 is 19.9 Å². The summed E-state index contributed by atoms with van der Waals surface area (Å²) in [6.45, 7) is -0.185. The van der Waals surface area contributed by atoms with Crippen LogP contribution in [0.4, 0.5) is 5.82 Å². The fraction of sp³-hybridized carbons (Fsp3) is 0.500. The second-order valence-electron chi connectivity index (χ2n) is 7.86. The Kier molecular flexibility index (Phi) is 6.39. The molecule has 1 aromatic heterocycles. The van der Waals surface area contributed by atoms with Gasteiger partial charge in [0.25, 0.3) is 0 Å². The molecule has 4 rings (SSSR count). The fourth-order valence-electron chi connectivity index (χ4n) is 4.27. The number of nitrogens with two attached hydrogens (primary N) is 1. The van der Waals surface area contributed by atoms with Crippen LogP contribution in [0.25, 0.3) is 0 Å². The number of anilines is 1. The van der Waals surface area contributed by atoms with Gasteiger partial charge in [0, 0.05) is 31.9 Å². The highest BCUT2D eigenvalue weighted by atomic mass is 32.2. The molecule has 31 heavy (non-hydrogen) atoms. The summed E-state index contributed by atoms with van der Waals surface area (Å²) in [5.41, 5.74) is 2.41. The summed E-state index contributed by atoms with van der Waals surface area (Å²) >= 11 is 0. The first-order valence-corrected chi connectivity index (χ1v) is 11.5. The third-order valence-electron chi connectivity index (χ3n) is 5.78. The summed E-state index contributed by atoms with van der Waals surface area (Å²) in [4.78, 5) is 8.46. The van der Waals surface area contributed by atoms with Crippen LogP contribution >= 0.6 is 0 Å². The average Bonchev–Trinajstić information content (AvgIpc) is 3.26. The molecule has 168 valence electrons. The molecule has 2 aliphatic carbocycles. The molecule has 0 bridgehead atoms. The van der Waals surface area contributed by atoms with Crippen LogP contribution in [0.3, 0.4) is 0 Å². The van der Waals surface area contributed by atoms with E-state index in [1.165, 1.54) is 17.5 Å². The van der Waals surface area contributed by atoms with Crippen molar-refractivity contribution in [1.29, 1.82) is 0 Å². The summed E-state index contributed by atoms with van der Waals surface area (Å²) in [5.74, 6) is 0.574. The maximum Gasteiger partial charge on any atom is 0.333 e. The lowest BCUT2D eigenvalue weighted by Crippen LogP contribution is -2.24. The third-order valence-corrected chi connectivity index (χ3v) is 6.24. The van der Waals surface area contributed by atoms with E-state index in [0.717, 1.165) is 6.42 Å². The van der Waals surface area contributed by atoms with Crippen molar-refractivity contribution in [3.05, 3.63) is 47.8 Å². The molecule has 0 aliphatic heterocycles. The van der Waals surface area contributed by atoms with Crippen molar-refractivity contribution in [2.45, 2.75) is 43.6 Å². The summed E-state index contributed by atoms with van der Waals surface area (Å²) in [6, 6.07) is 9.85. The van der Waals surface area contributed by atoms with Gasteiger partial charge in [-0.1, -0.05) is 24.3 Å². The topological polar surface area (TPSA) is 146 Å². The van der Waals surface area contributed by atoms with E-state index >= 15 is 0 Å². The van der Waals surface area contributed by atoms with Crippen molar-refractivity contribution < 1.29 is 27.2 Å². The molecule has 1 aromatic carbocycles. The maximum atomic E-state index is 11.0. The van der Waals surface area contributed by atoms with Crippen molar-refractivity contribution >= 4 is 16.1 Å². The molecule has 5 atom stereocenters. The number of benzene rings is 1. The highest BCUT2D eigenvalue weighted by molar-refractivity contribution is 7.84. The molecular formula is C20H26N4O6S. The second-order valence-corrected chi connectivity index (χ2v) is 9.08. The molecule has 4 N–H and O–H groups in total. The van der Waals surface area contributed by atoms with Crippen LogP contribution < -0.4 is 15.2 Å². The zero-order chi connectivity index (χ0) is 22.0. The van der Waals surface area contributed by atoms with Crippen molar-refractivity contribution in [3.8, 4) is 5.88 Å². The first-order chi connectivity index (χ1) is 14.8. The van der Waals surface area contributed by atoms with Crippen LogP contribution in [-0.2, 0) is 25.6 Å². The molecule has 0 spiro atoms. The van der Waals surface area contributed by atoms with E-state index in [2.05, 4.69) is 31.6 Å². The summed E-state index contributed by atoms with van der Waals surface area (Å²) in [7, 11) is -2.35. The molecule has 10 nitrogen and oxygen atoms in total. The number of nitrogens with one attached hydrogen (secondary N) is 1. The van der Waals surface area contributed by atoms with E-state index < -0.39 is 16.4 Å². The molecule has 0 radical (unpaired) electrons. The predicted molar refractivity (Wildman–Crippen MR) is 112 cm³/mol. The smallest absolute Gasteiger partial charge is 0.333 e. The zero-order valence-electron chi connectivity index (χ0n) is 17.0. The molecule has 1 unspecified atom stereocenters. The van der Waals surface area contributed by atoms with Gasteiger partial charge in [0.15, 0.2) is 0 Å². The Morgan fingerprint density at radius 1 is 1.26 bits per heavy atom. The third kappa shape index (κ3) is 5.31. The molecule has 1 fully saturated rings. The monoisotopic (exact) mass is 450 g/mol. The highest BCUT2D eigenvalue weighted by Gasteiger charge is 2.36. The standard InChI is InChI=1S/C20H26N4O6S/c1-28-17-7-12-4-2-3-5-15(12)20(17)24-18-9-19(23-11-22-18)30-14-6-13(16(25)8-14)10-29-31(21,26)27/h2-5,9,11,13-14,16-17,20,25H,6-8,10H2,1H3,(H2,21,26,27)(H,22,23,24)/t13-,14?,16-,17-,20+/m0/s1. The normalized spacial score (nSPS) is 27.8. The van der Waals surface area contributed by atoms with Crippen LogP contribution in [0.2, 0.25) is 0 Å². The number of nitrogens with zero attached hydrogens (tertiary/aromatic N) is 2. The summed E-state index contributed by atoms with van der Waals surface area (Å²) < 4.78 is 38.1. The van der Waals surface area contributed by atoms with Crippen molar-refractivity contribution in [1.82, 2.24) is 9.97 Å². The van der Waals surface area contributed by atoms with Crippen LogP contribution in [0.5, 0.6) is 5.88 Å². The van der Waals surface area contributed by atoms with Gasteiger partial charge in [-0.15, -0.1) is 0 Å². The molecule has 0 saturated heterocycles. The van der Waals surface area contributed by atoms with Crippen LogP contribution in [0, 0.1) is 5.92 Å². The van der Waals surface area contributed by atoms with Gasteiger partial charge in [0.1, 0.15) is 18.2 Å². The van der Waals surface area contributed by atoms with Crippen LogP contribution in [0.1, 0.15) is 30.0 Å². The number of aliphatic hydroxyl groups is 1. The van der Waals surface area contributed by atoms with Crippen molar-refractivity contribution in [2.75, 3.05) is 19.0 Å². The largest absolute Gasteiger partial charge is 0.474 e. The summed E-state index contributed by atoms with van der Waals surface area (Å²) in [6.07, 6.45) is 1.91.